The predicted octanol–water partition coefficient (Wildman–Crippen LogP) is 1.43. The molecule has 1 N–H and O–H groups in total. The maximum atomic E-state index is 11.4. The summed E-state index contributed by atoms with van der Waals surface area (Å²) in [5, 5.41) is 18.2. The molecule has 0 bridgehead atoms. The number of carbonyl (C=O) groups is 1. The minimum atomic E-state index is -0.721. The Morgan fingerprint density at radius 3 is 2.79 bits per heavy atom. The van der Waals surface area contributed by atoms with Crippen LogP contribution in [-0.4, -0.2) is 34.1 Å². The van der Waals surface area contributed by atoms with Crippen LogP contribution in [0.4, 0.5) is 5.95 Å². The minimum absolute atomic E-state index is 0.329. The number of carboxylic acid groups (broad SMARTS) is 1. The Kier molecular flexibility index (Phi) is 3.65. The summed E-state index contributed by atoms with van der Waals surface area (Å²) in [6.45, 7) is 3.13. The Balaban J connectivity index is 2.11. The normalized spacial score (nSPS) is 17.8. The molecule has 19 heavy (non-hydrogen) atoms. The van der Waals surface area contributed by atoms with Crippen LogP contribution in [-0.2, 0) is 4.79 Å². The minimum Gasteiger partial charge on any atom is -0.481 e. The lowest BCUT2D eigenvalue weighted by Gasteiger charge is -2.38. The second kappa shape index (κ2) is 5.22. The highest BCUT2D eigenvalue weighted by Gasteiger charge is 2.40. The quantitative estimate of drug-likeness (QED) is 0.884. The maximum absolute atomic E-state index is 11.4. The van der Waals surface area contributed by atoms with Crippen LogP contribution < -0.4 is 4.90 Å². The van der Waals surface area contributed by atoms with E-state index in [1.54, 1.807) is 12.3 Å². The first-order chi connectivity index (χ1) is 9.11. The zero-order valence-electron chi connectivity index (χ0n) is 10.8. The van der Waals surface area contributed by atoms with Gasteiger partial charge in [0.2, 0.25) is 5.95 Å². The van der Waals surface area contributed by atoms with Gasteiger partial charge in [0.25, 0.3) is 0 Å². The molecule has 0 aromatic carbocycles. The number of hydrogen-bond acceptors (Lipinski definition) is 5. The molecule has 2 rings (SSSR count). The van der Waals surface area contributed by atoms with Gasteiger partial charge in [-0.3, -0.25) is 4.79 Å². The number of rotatable bonds is 3. The largest absolute Gasteiger partial charge is 0.481 e. The van der Waals surface area contributed by atoms with Crippen molar-refractivity contribution in [3.05, 3.63) is 18.0 Å². The number of anilines is 1. The van der Waals surface area contributed by atoms with E-state index >= 15 is 0 Å². The molecular formula is C13H16N4O2. The zero-order chi connectivity index (χ0) is 13.9. The summed E-state index contributed by atoms with van der Waals surface area (Å²) in [6, 6.07) is 3.54. The number of nitriles is 1. The molecule has 1 aliphatic rings. The second-order valence-electron chi connectivity index (χ2n) is 4.78. The highest BCUT2D eigenvalue weighted by Crippen LogP contribution is 2.35. The zero-order valence-corrected chi connectivity index (χ0v) is 10.8. The van der Waals surface area contributed by atoms with E-state index in [2.05, 4.69) is 9.97 Å². The van der Waals surface area contributed by atoms with Crippen molar-refractivity contribution in [2.24, 2.45) is 5.41 Å². The highest BCUT2D eigenvalue weighted by molar-refractivity contribution is 5.75. The monoisotopic (exact) mass is 260 g/mol. The van der Waals surface area contributed by atoms with E-state index in [1.165, 1.54) is 0 Å². The molecule has 0 amide bonds. The van der Waals surface area contributed by atoms with Gasteiger partial charge in [0.1, 0.15) is 11.8 Å². The van der Waals surface area contributed by atoms with E-state index in [0.29, 0.717) is 44.0 Å². The van der Waals surface area contributed by atoms with Gasteiger partial charge in [0.15, 0.2) is 0 Å². The molecule has 6 nitrogen and oxygen atoms in total. The van der Waals surface area contributed by atoms with Crippen molar-refractivity contribution in [1.82, 2.24) is 9.97 Å². The number of hydrogen-bond donors (Lipinski definition) is 1. The molecule has 0 atom stereocenters. The molecule has 1 saturated heterocycles. The first-order valence-electron chi connectivity index (χ1n) is 6.33. The molecule has 1 aromatic rings. The molecule has 0 saturated carbocycles. The molecule has 100 valence electrons. The number of aliphatic carboxylic acids is 1. The van der Waals surface area contributed by atoms with Crippen molar-refractivity contribution >= 4 is 11.9 Å². The van der Waals surface area contributed by atoms with Crippen molar-refractivity contribution in [3.63, 3.8) is 0 Å². The lowest BCUT2D eigenvalue weighted by molar-refractivity contribution is -0.150. The van der Waals surface area contributed by atoms with Gasteiger partial charge in [-0.15, -0.1) is 0 Å². The van der Waals surface area contributed by atoms with Crippen molar-refractivity contribution in [1.29, 1.82) is 5.26 Å². The van der Waals surface area contributed by atoms with E-state index in [0.717, 1.165) is 0 Å². The average molecular weight is 260 g/mol. The summed E-state index contributed by atoms with van der Waals surface area (Å²) >= 11 is 0. The predicted molar refractivity (Wildman–Crippen MR) is 68.6 cm³/mol. The molecule has 0 spiro atoms. The standard InChI is InChI=1S/C13H16N4O2/c1-2-13(11(18)19)4-7-17(8-5-13)12-15-6-3-10(9-14)16-12/h3,6H,2,4-5,7-8H2,1H3,(H,18,19). The van der Waals surface area contributed by atoms with Crippen LogP contribution in [0.25, 0.3) is 0 Å². The van der Waals surface area contributed by atoms with Gasteiger partial charge < -0.3 is 10.0 Å². The molecule has 1 fully saturated rings. The van der Waals surface area contributed by atoms with Crippen LogP contribution in [0.2, 0.25) is 0 Å². The van der Waals surface area contributed by atoms with Crippen LogP contribution in [0.3, 0.4) is 0 Å². The highest BCUT2D eigenvalue weighted by atomic mass is 16.4. The molecule has 6 heteroatoms. The van der Waals surface area contributed by atoms with Crippen molar-refractivity contribution in [2.45, 2.75) is 26.2 Å². The molecule has 0 aliphatic carbocycles. The van der Waals surface area contributed by atoms with E-state index in [9.17, 15) is 9.90 Å². The molecule has 2 heterocycles. The molecule has 1 aliphatic heterocycles. The van der Waals surface area contributed by atoms with Crippen LogP contribution >= 0.6 is 0 Å². The third-order valence-electron chi connectivity index (χ3n) is 3.89. The van der Waals surface area contributed by atoms with Gasteiger partial charge in [-0.1, -0.05) is 6.92 Å². The summed E-state index contributed by atoms with van der Waals surface area (Å²) in [5.41, 5.74) is -0.292. The smallest absolute Gasteiger partial charge is 0.309 e. The van der Waals surface area contributed by atoms with Crippen LogP contribution in [0.1, 0.15) is 31.9 Å². The summed E-state index contributed by atoms with van der Waals surface area (Å²) in [6.07, 6.45) is 3.35. The van der Waals surface area contributed by atoms with Crippen LogP contribution in [0.5, 0.6) is 0 Å². The van der Waals surface area contributed by atoms with Gasteiger partial charge in [-0.2, -0.15) is 5.26 Å². The summed E-state index contributed by atoms with van der Waals surface area (Å²) < 4.78 is 0. The first-order valence-corrected chi connectivity index (χ1v) is 6.33. The molecule has 1 aromatic heterocycles. The van der Waals surface area contributed by atoms with Crippen LogP contribution in [0.15, 0.2) is 12.3 Å². The second-order valence-corrected chi connectivity index (χ2v) is 4.78. The number of piperidine rings is 1. The number of aromatic nitrogens is 2. The molecular weight excluding hydrogens is 244 g/mol. The fourth-order valence-corrected chi connectivity index (χ4v) is 2.42. The Morgan fingerprint density at radius 1 is 1.58 bits per heavy atom. The Morgan fingerprint density at radius 2 is 2.26 bits per heavy atom. The lowest BCUT2D eigenvalue weighted by atomic mass is 9.76. The Hall–Kier alpha value is -2.16. The molecule has 0 unspecified atom stereocenters. The van der Waals surface area contributed by atoms with Gasteiger partial charge >= 0.3 is 5.97 Å². The van der Waals surface area contributed by atoms with Gasteiger partial charge in [0, 0.05) is 19.3 Å². The van der Waals surface area contributed by atoms with Gasteiger partial charge in [0.05, 0.1) is 5.41 Å². The van der Waals surface area contributed by atoms with Gasteiger partial charge in [-0.05, 0) is 25.3 Å². The van der Waals surface area contributed by atoms with E-state index < -0.39 is 11.4 Å². The van der Waals surface area contributed by atoms with E-state index in [1.807, 2.05) is 17.9 Å². The fourth-order valence-electron chi connectivity index (χ4n) is 2.42. The van der Waals surface area contributed by atoms with Gasteiger partial charge in [-0.25, -0.2) is 9.97 Å². The number of carboxylic acids is 1. The average Bonchev–Trinajstić information content (AvgIpc) is 2.47. The first kappa shape index (κ1) is 13.3. The lowest BCUT2D eigenvalue weighted by Crippen LogP contribution is -2.44. The fraction of sp³-hybridized carbons (Fsp3) is 0.538. The Bertz CT molecular complexity index is 516. The van der Waals surface area contributed by atoms with Crippen molar-refractivity contribution < 1.29 is 9.90 Å². The van der Waals surface area contributed by atoms with Crippen molar-refractivity contribution in [3.8, 4) is 6.07 Å². The summed E-state index contributed by atoms with van der Waals surface area (Å²) in [5.74, 6) is -0.213. The number of nitrogens with zero attached hydrogens (tertiary/aromatic N) is 4. The topological polar surface area (TPSA) is 90.1 Å². The van der Waals surface area contributed by atoms with Crippen LogP contribution in [0, 0.1) is 16.7 Å². The SMILES string of the molecule is CCC1(C(=O)O)CCN(c2nccc(C#N)n2)CC1. The molecule has 0 radical (unpaired) electrons. The van der Waals surface area contributed by atoms with Crippen molar-refractivity contribution in [2.75, 3.05) is 18.0 Å². The maximum Gasteiger partial charge on any atom is 0.309 e. The van der Waals surface area contributed by atoms with E-state index in [4.69, 9.17) is 5.26 Å². The third kappa shape index (κ3) is 2.50. The van der Waals surface area contributed by atoms with E-state index in [-0.39, 0.29) is 0 Å². The summed E-state index contributed by atoms with van der Waals surface area (Å²) in [7, 11) is 0. The Labute approximate surface area is 111 Å². The summed E-state index contributed by atoms with van der Waals surface area (Å²) in [4.78, 5) is 21.6. The third-order valence-corrected chi connectivity index (χ3v) is 3.89.